The van der Waals surface area contributed by atoms with Gasteiger partial charge in [0.25, 0.3) is 0 Å². The largest absolute Gasteiger partial charge is 0.352 e. The van der Waals surface area contributed by atoms with E-state index in [1.54, 1.807) is 0 Å². The van der Waals surface area contributed by atoms with Gasteiger partial charge < -0.3 is 5.32 Å². The topological polar surface area (TPSA) is 45.2 Å². The zero-order valence-electron chi connectivity index (χ0n) is 13.5. The summed E-state index contributed by atoms with van der Waals surface area (Å²) in [5.41, 5.74) is 3.89. The summed E-state index contributed by atoms with van der Waals surface area (Å²) in [6.45, 7) is 3.65. The van der Waals surface area contributed by atoms with Crippen molar-refractivity contribution in [3.05, 3.63) is 51.5 Å². The SMILES string of the molecule is Cl.O=C(NCc1cncc2c1CCN(Cc1cccs1)C2)C1CC1. The fraction of sp³-hybridized carbons (Fsp3) is 0.444. The first-order valence-corrected chi connectivity index (χ1v) is 9.14. The van der Waals surface area contributed by atoms with Gasteiger partial charge in [-0.2, -0.15) is 0 Å². The Hall–Kier alpha value is -1.43. The molecule has 1 aliphatic carbocycles. The number of halogens is 1. The van der Waals surface area contributed by atoms with Crippen LogP contribution in [0.5, 0.6) is 0 Å². The lowest BCUT2D eigenvalue weighted by atomic mass is 9.97. The molecule has 1 saturated carbocycles. The van der Waals surface area contributed by atoms with E-state index in [1.165, 1.54) is 21.6 Å². The maximum atomic E-state index is 11.8. The number of carbonyl (C=O) groups excluding carboxylic acids is 1. The van der Waals surface area contributed by atoms with Crippen LogP contribution in [0.2, 0.25) is 0 Å². The van der Waals surface area contributed by atoms with E-state index in [0.29, 0.717) is 6.54 Å². The number of amides is 1. The number of nitrogens with one attached hydrogen (secondary N) is 1. The van der Waals surface area contributed by atoms with Crippen LogP contribution in [0, 0.1) is 5.92 Å². The van der Waals surface area contributed by atoms with Gasteiger partial charge >= 0.3 is 0 Å². The average molecular weight is 364 g/mol. The highest BCUT2D eigenvalue weighted by Crippen LogP contribution is 2.29. The molecule has 0 radical (unpaired) electrons. The Balaban J connectivity index is 0.00000169. The van der Waals surface area contributed by atoms with Gasteiger partial charge in [0, 0.05) is 49.4 Å². The third-order valence-electron chi connectivity index (χ3n) is 4.67. The fourth-order valence-electron chi connectivity index (χ4n) is 3.21. The standard InChI is InChI=1S/C18H21N3OS.ClH/c22-18(13-3-4-13)20-10-14-8-19-9-15-11-21(6-5-17(14)15)12-16-2-1-7-23-16;/h1-2,7-9,13H,3-6,10-12H2,(H,20,22);1H. The highest BCUT2D eigenvalue weighted by atomic mass is 35.5. The van der Waals surface area contributed by atoms with Crippen LogP contribution in [-0.2, 0) is 30.8 Å². The fourth-order valence-corrected chi connectivity index (χ4v) is 3.96. The second-order valence-corrected chi connectivity index (χ2v) is 7.50. The van der Waals surface area contributed by atoms with E-state index in [-0.39, 0.29) is 24.2 Å². The number of aromatic nitrogens is 1. The molecule has 0 aromatic carbocycles. The van der Waals surface area contributed by atoms with Gasteiger partial charge in [0.1, 0.15) is 0 Å². The molecule has 0 atom stereocenters. The Labute approximate surface area is 152 Å². The van der Waals surface area contributed by atoms with E-state index < -0.39 is 0 Å². The van der Waals surface area contributed by atoms with Gasteiger partial charge in [-0.15, -0.1) is 23.7 Å². The monoisotopic (exact) mass is 363 g/mol. The summed E-state index contributed by atoms with van der Waals surface area (Å²) in [4.78, 5) is 20.1. The van der Waals surface area contributed by atoms with E-state index in [9.17, 15) is 4.79 Å². The van der Waals surface area contributed by atoms with Crippen molar-refractivity contribution in [2.24, 2.45) is 5.92 Å². The lowest BCUT2D eigenvalue weighted by molar-refractivity contribution is -0.122. The van der Waals surface area contributed by atoms with Gasteiger partial charge in [-0.05, 0) is 47.4 Å². The maximum absolute atomic E-state index is 11.8. The normalized spacial score (nSPS) is 17.0. The van der Waals surface area contributed by atoms with Crippen LogP contribution in [0.3, 0.4) is 0 Å². The molecule has 128 valence electrons. The minimum absolute atomic E-state index is 0. The molecular weight excluding hydrogens is 342 g/mol. The Morgan fingerprint density at radius 2 is 2.25 bits per heavy atom. The van der Waals surface area contributed by atoms with Crippen LogP contribution in [0.25, 0.3) is 0 Å². The number of fused-ring (bicyclic) bond motifs is 1. The second-order valence-electron chi connectivity index (χ2n) is 6.47. The molecule has 1 fully saturated rings. The first-order valence-electron chi connectivity index (χ1n) is 8.26. The molecule has 1 aliphatic heterocycles. The van der Waals surface area contributed by atoms with Crippen LogP contribution in [-0.4, -0.2) is 22.3 Å². The molecule has 0 unspecified atom stereocenters. The second kappa shape index (κ2) is 7.64. The Kier molecular flexibility index (Phi) is 5.54. The third kappa shape index (κ3) is 3.97. The number of pyridine rings is 1. The van der Waals surface area contributed by atoms with Crippen molar-refractivity contribution in [1.82, 2.24) is 15.2 Å². The van der Waals surface area contributed by atoms with E-state index in [1.807, 2.05) is 23.7 Å². The van der Waals surface area contributed by atoms with Crippen molar-refractivity contribution >= 4 is 29.7 Å². The van der Waals surface area contributed by atoms with E-state index in [2.05, 4.69) is 32.7 Å². The molecule has 1 N–H and O–H groups in total. The maximum Gasteiger partial charge on any atom is 0.223 e. The van der Waals surface area contributed by atoms with Gasteiger partial charge in [0.15, 0.2) is 0 Å². The molecule has 0 saturated heterocycles. The molecule has 2 aliphatic rings. The smallest absolute Gasteiger partial charge is 0.223 e. The summed E-state index contributed by atoms with van der Waals surface area (Å²) >= 11 is 1.82. The van der Waals surface area contributed by atoms with Crippen LogP contribution >= 0.6 is 23.7 Å². The van der Waals surface area contributed by atoms with Crippen molar-refractivity contribution in [2.45, 2.75) is 38.9 Å². The van der Waals surface area contributed by atoms with E-state index in [0.717, 1.165) is 38.9 Å². The van der Waals surface area contributed by atoms with E-state index >= 15 is 0 Å². The molecule has 1 amide bonds. The zero-order chi connectivity index (χ0) is 15.6. The van der Waals surface area contributed by atoms with Crippen LogP contribution < -0.4 is 5.32 Å². The Morgan fingerprint density at radius 3 is 3.00 bits per heavy atom. The highest BCUT2D eigenvalue weighted by molar-refractivity contribution is 7.09. The third-order valence-corrected chi connectivity index (χ3v) is 5.53. The van der Waals surface area contributed by atoms with E-state index in [4.69, 9.17) is 0 Å². The summed E-state index contributed by atoms with van der Waals surface area (Å²) in [6, 6.07) is 4.31. The molecule has 2 aromatic rings. The summed E-state index contributed by atoms with van der Waals surface area (Å²) < 4.78 is 0. The van der Waals surface area contributed by atoms with Gasteiger partial charge in [-0.1, -0.05) is 6.07 Å². The van der Waals surface area contributed by atoms with Crippen molar-refractivity contribution in [2.75, 3.05) is 6.54 Å². The molecule has 3 heterocycles. The van der Waals surface area contributed by atoms with Gasteiger partial charge in [0.05, 0.1) is 0 Å². The van der Waals surface area contributed by atoms with Crippen molar-refractivity contribution < 1.29 is 4.79 Å². The molecule has 2 aromatic heterocycles. The van der Waals surface area contributed by atoms with Gasteiger partial charge in [-0.25, -0.2) is 0 Å². The summed E-state index contributed by atoms with van der Waals surface area (Å²) in [7, 11) is 0. The number of carbonyl (C=O) groups is 1. The molecular formula is C18H22ClN3OS. The first-order chi connectivity index (χ1) is 11.3. The van der Waals surface area contributed by atoms with Crippen LogP contribution in [0.4, 0.5) is 0 Å². The van der Waals surface area contributed by atoms with Crippen LogP contribution in [0.1, 0.15) is 34.4 Å². The van der Waals surface area contributed by atoms with Crippen LogP contribution in [0.15, 0.2) is 29.9 Å². The van der Waals surface area contributed by atoms with Gasteiger partial charge in [-0.3, -0.25) is 14.7 Å². The molecule has 4 nitrogen and oxygen atoms in total. The summed E-state index contributed by atoms with van der Waals surface area (Å²) in [5, 5.41) is 5.20. The molecule has 0 spiro atoms. The molecule has 0 bridgehead atoms. The number of nitrogens with zero attached hydrogens (tertiary/aromatic N) is 2. The molecule has 6 heteroatoms. The minimum atomic E-state index is 0. The minimum Gasteiger partial charge on any atom is -0.352 e. The lowest BCUT2D eigenvalue weighted by Gasteiger charge is -2.29. The quantitative estimate of drug-likeness (QED) is 0.887. The summed E-state index contributed by atoms with van der Waals surface area (Å²) in [5.74, 6) is 0.474. The zero-order valence-corrected chi connectivity index (χ0v) is 15.2. The lowest BCUT2D eigenvalue weighted by Crippen LogP contribution is -2.32. The number of hydrogen-bond acceptors (Lipinski definition) is 4. The van der Waals surface area contributed by atoms with Crippen molar-refractivity contribution in [3.8, 4) is 0 Å². The predicted molar refractivity (Wildman–Crippen MR) is 98.2 cm³/mol. The van der Waals surface area contributed by atoms with Crippen molar-refractivity contribution in [1.29, 1.82) is 0 Å². The highest BCUT2D eigenvalue weighted by Gasteiger charge is 2.29. The molecule has 24 heavy (non-hydrogen) atoms. The average Bonchev–Trinajstić information content (AvgIpc) is 3.30. The Bertz CT molecular complexity index is 700. The predicted octanol–water partition coefficient (Wildman–Crippen LogP) is 3.15. The summed E-state index contributed by atoms with van der Waals surface area (Å²) in [6.07, 6.45) is 7.05. The van der Waals surface area contributed by atoms with Crippen molar-refractivity contribution in [3.63, 3.8) is 0 Å². The number of hydrogen-bond donors (Lipinski definition) is 1. The number of thiophene rings is 1. The first kappa shape index (κ1) is 17.4. The van der Waals surface area contributed by atoms with Gasteiger partial charge in [0.2, 0.25) is 5.91 Å². The number of rotatable bonds is 5. The Morgan fingerprint density at radius 1 is 1.38 bits per heavy atom. The molecule has 4 rings (SSSR count).